The van der Waals surface area contributed by atoms with Gasteiger partial charge < -0.3 is 0 Å². The van der Waals surface area contributed by atoms with Crippen molar-refractivity contribution in [1.29, 1.82) is 0 Å². The molecule has 0 spiro atoms. The van der Waals surface area contributed by atoms with Gasteiger partial charge in [0, 0.05) is 0 Å². The summed E-state index contributed by atoms with van der Waals surface area (Å²) in [6.07, 6.45) is 2.17. The molecule has 0 nitrogen and oxygen atoms in total. The molecular formula is C24H25P. The van der Waals surface area contributed by atoms with Crippen LogP contribution >= 0.6 is 7.92 Å². The summed E-state index contributed by atoms with van der Waals surface area (Å²) in [7, 11) is -0.535. The second-order valence-electron chi connectivity index (χ2n) is 6.29. The highest BCUT2D eigenvalue weighted by atomic mass is 31.1. The Morgan fingerprint density at radius 2 is 1.20 bits per heavy atom. The highest BCUT2D eigenvalue weighted by Gasteiger charge is 2.20. The summed E-state index contributed by atoms with van der Waals surface area (Å²) in [5.41, 5.74) is 1.42. The van der Waals surface area contributed by atoms with Gasteiger partial charge in [0.15, 0.2) is 0 Å². The molecule has 126 valence electrons. The van der Waals surface area contributed by atoms with Crippen molar-refractivity contribution in [2.75, 3.05) is 0 Å². The lowest BCUT2D eigenvalue weighted by molar-refractivity contribution is 0.670. The molecular weight excluding hydrogens is 319 g/mol. The zero-order chi connectivity index (χ0) is 17.5. The van der Waals surface area contributed by atoms with Crippen LogP contribution in [-0.4, -0.2) is 0 Å². The first-order valence-corrected chi connectivity index (χ1v) is 10.3. The van der Waals surface area contributed by atoms with Gasteiger partial charge in [-0.1, -0.05) is 104 Å². The van der Waals surface area contributed by atoms with E-state index in [9.17, 15) is 0 Å². The summed E-state index contributed by atoms with van der Waals surface area (Å²) in [5.74, 6) is 0.533. The summed E-state index contributed by atoms with van der Waals surface area (Å²) in [4.78, 5) is 0. The Balaban J connectivity index is 1.89. The Hall–Kier alpha value is -2.17. The van der Waals surface area contributed by atoms with E-state index < -0.39 is 7.92 Å². The first-order valence-electron chi connectivity index (χ1n) is 8.92. The second kappa shape index (κ2) is 8.79. The van der Waals surface area contributed by atoms with Crippen LogP contribution in [0, 0.1) is 0 Å². The van der Waals surface area contributed by atoms with E-state index in [2.05, 4.69) is 104 Å². The molecule has 0 saturated heterocycles. The molecule has 1 atom stereocenters. The third kappa shape index (κ3) is 4.47. The molecule has 0 aliphatic rings. The maximum Gasteiger partial charge on any atom is -0.0124 e. The second-order valence-corrected chi connectivity index (χ2v) is 8.63. The van der Waals surface area contributed by atoms with Gasteiger partial charge in [0.25, 0.3) is 0 Å². The van der Waals surface area contributed by atoms with E-state index in [-0.39, 0.29) is 0 Å². The molecule has 0 saturated carbocycles. The molecule has 3 aromatic carbocycles. The molecule has 0 N–H and O–H groups in total. The summed E-state index contributed by atoms with van der Waals surface area (Å²) < 4.78 is 0. The van der Waals surface area contributed by atoms with Crippen LogP contribution in [0.3, 0.4) is 0 Å². The van der Waals surface area contributed by atoms with E-state index in [4.69, 9.17) is 0 Å². The lowest BCUT2D eigenvalue weighted by atomic mass is 9.93. The summed E-state index contributed by atoms with van der Waals surface area (Å²) in [5, 5.41) is 4.12. The standard InChI is InChI=1S/C24H25P/c1-3-21(22-13-7-4-8-14-22)19-20(2)25(23-15-9-5-10-16-23)24-17-11-6-12-18-24/h4-18,21H,2-3,19H2,1H3. The van der Waals surface area contributed by atoms with Crippen LogP contribution in [0.1, 0.15) is 31.2 Å². The lowest BCUT2D eigenvalue weighted by Crippen LogP contribution is -2.13. The average Bonchev–Trinajstić information content (AvgIpc) is 2.69. The van der Waals surface area contributed by atoms with Crippen molar-refractivity contribution in [3.63, 3.8) is 0 Å². The van der Waals surface area contributed by atoms with Crippen molar-refractivity contribution in [3.8, 4) is 0 Å². The topological polar surface area (TPSA) is 0 Å². The predicted molar refractivity (Wildman–Crippen MR) is 112 cm³/mol. The maximum absolute atomic E-state index is 4.55. The molecule has 3 rings (SSSR count). The Kier molecular flexibility index (Phi) is 6.20. The molecule has 1 heteroatoms. The monoisotopic (exact) mass is 344 g/mol. The molecule has 0 amide bonds. The minimum Gasteiger partial charge on any atom is -0.0947 e. The van der Waals surface area contributed by atoms with Crippen LogP contribution in [0.4, 0.5) is 0 Å². The smallest absolute Gasteiger partial charge is 0.0124 e. The van der Waals surface area contributed by atoms with Crippen LogP contribution in [-0.2, 0) is 0 Å². The minimum atomic E-state index is -0.535. The SMILES string of the molecule is C=C(CC(CC)c1ccccc1)P(c1ccccc1)c1ccccc1. The quantitative estimate of drug-likeness (QED) is 0.447. The highest BCUT2D eigenvalue weighted by Crippen LogP contribution is 2.46. The fourth-order valence-corrected chi connectivity index (χ4v) is 5.64. The Morgan fingerprint density at radius 1 is 0.760 bits per heavy atom. The summed E-state index contributed by atoms with van der Waals surface area (Å²) in [6, 6.07) is 32.5. The first-order chi connectivity index (χ1) is 12.3. The van der Waals surface area contributed by atoms with Gasteiger partial charge in [0.05, 0.1) is 0 Å². The zero-order valence-corrected chi connectivity index (χ0v) is 15.7. The third-order valence-corrected chi connectivity index (χ3v) is 7.03. The van der Waals surface area contributed by atoms with E-state index >= 15 is 0 Å². The summed E-state index contributed by atoms with van der Waals surface area (Å²) in [6.45, 7) is 6.83. The molecule has 25 heavy (non-hydrogen) atoms. The van der Waals surface area contributed by atoms with Gasteiger partial charge >= 0.3 is 0 Å². The fraction of sp³-hybridized carbons (Fsp3) is 0.167. The largest absolute Gasteiger partial charge is 0.0947 e. The molecule has 0 radical (unpaired) electrons. The Labute approximate surface area is 153 Å². The average molecular weight is 344 g/mol. The Bertz CT molecular complexity index is 739. The predicted octanol–water partition coefficient (Wildman–Crippen LogP) is 6.22. The molecule has 3 aromatic rings. The van der Waals surface area contributed by atoms with Crippen LogP contribution in [0.2, 0.25) is 0 Å². The minimum absolute atomic E-state index is 0.533. The van der Waals surface area contributed by atoms with Crippen LogP contribution in [0.5, 0.6) is 0 Å². The van der Waals surface area contributed by atoms with E-state index in [0.717, 1.165) is 12.8 Å². The highest BCUT2D eigenvalue weighted by molar-refractivity contribution is 7.76. The van der Waals surface area contributed by atoms with E-state index in [0.29, 0.717) is 5.92 Å². The van der Waals surface area contributed by atoms with Crippen molar-refractivity contribution < 1.29 is 0 Å². The van der Waals surface area contributed by atoms with Gasteiger partial charge in [-0.25, -0.2) is 0 Å². The summed E-state index contributed by atoms with van der Waals surface area (Å²) >= 11 is 0. The van der Waals surface area contributed by atoms with Gasteiger partial charge in [-0.3, -0.25) is 0 Å². The van der Waals surface area contributed by atoms with Crippen molar-refractivity contribution >= 4 is 18.5 Å². The zero-order valence-electron chi connectivity index (χ0n) is 14.8. The molecule has 0 aliphatic carbocycles. The van der Waals surface area contributed by atoms with Crippen molar-refractivity contribution in [3.05, 3.63) is 108 Å². The van der Waals surface area contributed by atoms with Gasteiger partial charge in [-0.05, 0) is 48.2 Å². The van der Waals surface area contributed by atoms with Gasteiger partial charge in [-0.15, -0.1) is 0 Å². The number of hydrogen-bond acceptors (Lipinski definition) is 0. The van der Waals surface area contributed by atoms with Crippen molar-refractivity contribution in [2.24, 2.45) is 0 Å². The van der Waals surface area contributed by atoms with Gasteiger partial charge in [0.1, 0.15) is 0 Å². The fourth-order valence-electron chi connectivity index (χ4n) is 3.27. The van der Waals surface area contributed by atoms with Gasteiger partial charge in [0.2, 0.25) is 0 Å². The lowest BCUT2D eigenvalue weighted by Gasteiger charge is -2.25. The molecule has 0 bridgehead atoms. The molecule has 0 aromatic heterocycles. The molecule has 0 heterocycles. The van der Waals surface area contributed by atoms with Crippen LogP contribution in [0.25, 0.3) is 0 Å². The third-order valence-electron chi connectivity index (χ3n) is 4.59. The molecule has 1 unspecified atom stereocenters. The van der Waals surface area contributed by atoms with E-state index in [1.54, 1.807) is 0 Å². The number of allylic oxidation sites excluding steroid dienone is 1. The van der Waals surface area contributed by atoms with Crippen LogP contribution < -0.4 is 10.6 Å². The van der Waals surface area contributed by atoms with E-state index in [1.807, 2.05) is 0 Å². The van der Waals surface area contributed by atoms with E-state index in [1.165, 1.54) is 21.5 Å². The van der Waals surface area contributed by atoms with Crippen molar-refractivity contribution in [2.45, 2.75) is 25.7 Å². The van der Waals surface area contributed by atoms with Crippen LogP contribution in [0.15, 0.2) is 103 Å². The molecule has 0 aliphatic heterocycles. The molecule has 0 fully saturated rings. The number of hydrogen-bond donors (Lipinski definition) is 0. The van der Waals surface area contributed by atoms with Gasteiger partial charge in [-0.2, -0.15) is 0 Å². The maximum atomic E-state index is 4.55. The normalized spacial score (nSPS) is 12.1. The number of benzene rings is 3. The first kappa shape index (κ1) is 17.6. The Morgan fingerprint density at radius 3 is 1.64 bits per heavy atom. The number of rotatable bonds is 7. The van der Waals surface area contributed by atoms with Crippen molar-refractivity contribution in [1.82, 2.24) is 0 Å².